The van der Waals surface area contributed by atoms with Crippen LogP contribution in [0.3, 0.4) is 0 Å². The summed E-state index contributed by atoms with van der Waals surface area (Å²) in [7, 11) is 0. The van der Waals surface area contributed by atoms with E-state index in [9.17, 15) is 0 Å². The highest BCUT2D eigenvalue weighted by atomic mass is 14.6. The van der Waals surface area contributed by atoms with Crippen molar-refractivity contribution in [2.45, 2.75) is 26.7 Å². The van der Waals surface area contributed by atoms with E-state index in [1.54, 1.807) is 6.20 Å². The zero-order valence-electron chi connectivity index (χ0n) is 7.51. The van der Waals surface area contributed by atoms with Crippen LogP contribution in [0.25, 0.3) is 0 Å². The van der Waals surface area contributed by atoms with Crippen molar-refractivity contribution in [2.75, 3.05) is 0 Å². The summed E-state index contributed by atoms with van der Waals surface area (Å²) in [4.78, 5) is 3.61. The van der Waals surface area contributed by atoms with Crippen LogP contribution in [0.2, 0.25) is 0 Å². The second kappa shape index (κ2) is 5.90. The third-order valence-corrected chi connectivity index (χ3v) is 1.46. The minimum absolute atomic E-state index is 0.747. The number of nitrogens with zero attached hydrogens (tertiary/aromatic N) is 1. The lowest BCUT2D eigenvalue weighted by atomic mass is 10.0. The monoisotopic (exact) mass is 151 g/mol. The molecule has 62 valence electrons. The Morgan fingerprint density at radius 3 is 2.64 bits per heavy atom. The maximum absolute atomic E-state index is 3.89. The first-order valence-corrected chi connectivity index (χ1v) is 3.97. The number of rotatable bonds is 5. The van der Waals surface area contributed by atoms with Crippen molar-refractivity contribution in [3.8, 4) is 0 Å². The van der Waals surface area contributed by atoms with Gasteiger partial charge in [-0.15, -0.1) is 0 Å². The summed E-state index contributed by atoms with van der Waals surface area (Å²) >= 11 is 0. The Kier molecular flexibility index (Phi) is 5.44. The van der Waals surface area contributed by atoms with E-state index < -0.39 is 0 Å². The van der Waals surface area contributed by atoms with Gasteiger partial charge in [0.2, 0.25) is 0 Å². The van der Waals surface area contributed by atoms with Crippen LogP contribution in [0, 0.1) is 5.92 Å². The molecule has 0 spiro atoms. The summed E-state index contributed by atoms with van der Waals surface area (Å²) < 4.78 is 0. The zero-order chi connectivity index (χ0) is 8.69. The number of hydrogen-bond donors (Lipinski definition) is 0. The first kappa shape index (κ1) is 10.2. The Balaban J connectivity index is 3.53. The van der Waals surface area contributed by atoms with E-state index in [2.05, 4.69) is 32.1 Å². The molecule has 0 aliphatic heterocycles. The molecule has 1 nitrogen and oxygen atoms in total. The van der Waals surface area contributed by atoms with E-state index in [1.807, 2.05) is 6.08 Å². The standard InChI is InChI=1S/C10H17N/c1-9(2)5-6-10(3)7-8-11-4/h7-9H,3-6H2,1-2H3/b8-7-. The molecule has 0 saturated heterocycles. The molecule has 0 aromatic rings. The van der Waals surface area contributed by atoms with Crippen molar-refractivity contribution in [3.63, 3.8) is 0 Å². The molecule has 0 bridgehead atoms. The van der Waals surface area contributed by atoms with Gasteiger partial charge in [-0.25, -0.2) is 0 Å². The van der Waals surface area contributed by atoms with Crippen LogP contribution in [0.15, 0.2) is 29.4 Å². The molecular formula is C10H17N. The van der Waals surface area contributed by atoms with E-state index >= 15 is 0 Å². The van der Waals surface area contributed by atoms with E-state index in [0.29, 0.717) is 0 Å². The third-order valence-electron chi connectivity index (χ3n) is 1.46. The van der Waals surface area contributed by atoms with E-state index in [4.69, 9.17) is 0 Å². The molecule has 0 aliphatic rings. The molecule has 0 amide bonds. The molecule has 0 aromatic heterocycles. The fraction of sp³-hybridized carbons (Fsp3) is 0.500. The van der Waals surface area contributed by atoms with Crippen LogP contribution in [0.5, 0.6) is 0 Å². The van der Waals surface area contributed by atoms with Gasteiger partial charge < -0.3 is 0 Å². The lowest BCUT2D eigenvalue weighted by molar-refractivity contribution is 0.588. The molecule has 0 radical (unpaired) electrons. The van der Waals surface area contributed by atoms with Crippen molar-refractivity contribution < 1.29 is 0 Å². The topological polar surface area (TPSA) is 12.4 Å². The Hall–Kier alpha value is -0.850. The SMILES string of the molecule is C=N/C=C\C(=C)CCC(C)C. The van der Waals surface area contributed by atoms with Crippen molar-refractivity contribution >= 4 is 6.72 Å². The van der Waals surface area contributed by atoms with Crippen LogP contribution >= 0.6 is 0 Å². The largest absolute Gasteiger partial charge is 0.273 e. The maximum Gasteiger partial charge on any atom is 0.0263 e. The van der Waals surface area contributed by atoms with E-state index in [-0.39, 0.29) is 0 Å². The number of allylic oxidation sites excluding steroid dienone is 2. The molecule has 0 aromatic carbocycles. The first-order valence-electron chi connectivity index (χ1n) is 3.97. The Morgan fingerprint density at radius 1 is 1.55 bits per heavy atom. The van der Waals surface area contributed by atoms with Gasteiger partial charge in [0.25, 0.3) is 0 Å². The summed E-state index contributed by atoms with van der Waals surface area (Å²) in [5.74, 6) is 0.747. The van der Waals surface area contributed by atoms with Gasteiger partial charge in [0.05, 0.1) is 0 Å². The molecule has 0 rings (SSSR count). The number of aliphatic imine (C=N–C) groups is 1. The Morgan fingerprint density at radius 2 is 2.18 bits per heavy atom. The van der Waals surface area contributed by atoms with Crippen molar-refractivity contribution in [3.05, 3.63) is 24.4 Å². The molecule has 0 N–H and O–H groups in total. The zero-order valence-corrected chi connectivity index (χ0v) is 7.51. The lowest BCUT2D eigenvalue weighted by Gasteiger charge is -2.02. The van der Waals surface area contributed by atoms with Crippen LogP contribution in [-0.4, -0.2) is 6.72 Å². The minimum atomic E-state index is 0.747. The van der Waals surface area contributed by atoms with E-state index in [1.165, 1.54) is 6.42 Å². The molecule has 0 atom stereocenters. The van der Waals surface area contributed by atoms with Crippen LogP contribution < -0.4 is 0 Å². The van der Waals surface area contributed by atoms with Gasteiger partial charge in [-0.1, -0.05) is 26.0 Å². The average Bonchev–Trinajstić information content (AvgIpc) is 1.97. The fourth-order valence-corrected chi connectivity index (χ4v) is 0.716. The third kappa shape index (κ3) is 7.04. The van der Waals surface area contributed by atoms with Crippen LogP contribution in [-0.2, 0) is 0 Å². The van der Waals surface area contributed by atoms with Crippen LogP contribution in [0.4, 0.5) is 0 Å². The van der Waals surface area contributed by atoms with Gasteiger partial charge in [-0.2, -0.15) is 0 Å². The molecule has 11 heavy (non-hydrogen) atoms. The second-order valence-corrected chi connectivity index (χ2v) is 3.09. The van der Waals surface area contributed by atoms with Gasteiger partial charge in [0, 0.05) is 6.20 Å². The lowest BCUT2D eigenvalue weighted by Crippen LogP contribution is -1.86. The summed E-state index contributed by atoms with van der Waals surface area (Å²) in [6.45, 7) is 11.7. The molecule has 1 heteroatoms. The van der Waals surface area contributed by atoms with Gasteiger partial charge in [-0.05, 0) is 31.6 Å². The van der Waals surface area contributed by atoms with Gasteiger partial charge in [0.15, 0.2) is 0 Å². The molecule has 0 unspecified atom stereocenters. The predicted molar refractivity (Wildman–Crippen MR) is 51.9 cm³/mol. The molecule has 0 fully saturated rings. The highest BCUT2D eigenvalue weighted by Gasteiger charge is 1.93. The normalized spacial score (nSPS) is 10.8. The number of hydrogen-bond acceptors (Lipinski definition) is 1. The predicted octanol–water partition coefficient (Wildman–Crippen LogP) is 3.19. The van der Waals surface area contributed by atoms with Gasteiger partial charge >= 0.3 is 0 Å². The Bertz CT molecular complexity index is 154. The quantitative estimate of drug-likeness (QED) is 0.422. The summed E-state index contributed by atoms with van der Waals surface area (Å²) in [6.07, 6.45) is 5.85. The molecule has 0 heterocycles. The minimum Gasteiger partial charge on any atom is -0.273 e. The average molecular weight is 151 g/mol. The Labute approximate surface area is 69.5 Å². The highest BCUT2D eigenvalue weighted by Crippen LogP contribution is 2.10. The first-order chi connectivity index (χ1) is 5.16. The smallest absolute Gasteiger partial charge is 0.0263 e. The molecule has 0 aliphatic carbocycles. The van der Waals surface area contributed by atoms with Crippen molar-refractivity contribution in [2.24, 2.45) is 10.9 Å². The van der Waals surface area contributed by atoms with E-state index in [0.717, 1.165) is 17.9 Å². The second-order valence-electron chi connectivity index (χ2n) is 3.09. The van der Waals surface area contributed by atoms with Crippen molar-refractivity contribution in [1.29, 1.82) is 0 Å². The summed E-state index contributed by atoms with van der Waals surface area (Å²) in [6, 6.07) is 0. The van der Waals surface area contributed by atoms with Crippen LogP contribution in [0.1, 0.15) is 26.7 Å². The molecule has 0 saturated carbocycles. The van der Waals surface area contributed by atoms with Gasteiger partial charge in [-0.3, -0.25) is 4.99 Å². The fourth-order valence-electron chi connectivity index (χ4n) is 0.716. The highest BCUT2D eigenvalue weighted by molar-refractivity contribution is 5.27. The summed E-state index contributed by atoms with van der Waals surface area (Å²) in [5, 5.41) is 0. The maximum atomic E-state index is 3.89. The van der Waals surface area contributed by atoms with Crippen molar-refractivity contribution in [1.82, 2.24) is 0 Å². The molecular weight excluding hydrogens is 134 g/mol. The van der Waals surface area contributed by atoms with Gasteiger partial charge in [0.1, 0.15) is 0 Å². The summed E-state index contributed by atoms with van der Waals surface area (Å²) in [5.41, 5.74) is 1.13.